The number of hydrogen-bond donors (Lipinski definition) is 2. The van der Waals surface area contributed by atoms with E-state index in [1.807, 2.05) is 42.6 Å². The van der Waals surface area contributed by atoms with E-state index in [-0.39, 0.29) is 0 Å². The summed E-state index contributed by atoms with van der Waals surface area (Å²) in [5, 5.41) is 13.2. The molecule has 1 aliphatic rings. The zero-order chi connectivity index (χ0) is 20.1. The molecule has 1 atom stereocenters. The number of benzene rings is 2. The Hall–Kier alpha value is -2.61. The minimum absolute atomic E-state index is 0.352. The number of piperidine rings is 1. The maximum absolute atomic E-state index is 8.97. The fourth-order valence-corrected chi connectivity index (χ4v) is 4.44. The van der Waals surface area contributed by atoms with E-state index in [0.717, 1.165) is 55.3 Å². The van der Waals surface area contributed by atoms with Crippen LogP contribution in [0.15, 0.2) is 54.7 Å². The Kier molecular flexibility index (Phi) is 6.29. The summed E-state index contributed by atoms with van der Waals surface area (Å²) >= 11 is 6.22. The van der Waals surface area contributed by atoms with Gasteiger partial charge in [0.05, 0.1) is 11.6 Å². The third-order valence-electron chi connectivity index (χ3n) is 5.77. The van der Waals surface area contributed by atoms with Crippen LogP contribution in [0.25, 0.3) is 0 Å². The summed E-state index contributed by atoms with van der Waals surface area (Å²) in [6.07, 6.45) is 6.01. The first kappa shape index (κ1) is 19.7. The number of aromatic amines is 1. The highest BCUT2D eigenvalue weighted by atomic mass is 35.5. The van der Waals surface area contributed by atoms with E-state index in [4.69, 9.17) is 21.8 Å². The topological polar surface area (TPSA) is 64.5 Å². The van der Waals surface area contributed by atoms with E-state index in [1.165, 1.54) is 11.1 Å². The average Bonchev–Trinajstić information content (AvgIpc) is 3.21. The number of halogens is 1. The lowest BCUT2D eigenvalue weighted by Crippen LogP contribution is -2.32. The maximum atomic E-state index is 8.97. The van der Waals surface area contributed by atoms with Crippen molar-refractivity contribution in [2.45, 2.75) is 31.6 Å². The van der Waals surface area contributed by atoms with Crippen molar-refractivity contribution in [3.63, 3.8) is 0 Å². The number of hydrogen-bond acceptors (Lipinski definition) is 3. The van der Waals surface area contributed by atoms with Crippen molar-refractivity contribution in [1.82, 2.24) is 15.3 Å². The van der Waals surface area contributed by atoms with Crippen molar-refractivity contribution in [3.8, 4) is 6.07 Å². The van der Waals surface area contributed by atoms with Gasteiger partial charge >= 0.3 is 0 Å². The minimum Gasteiger partial charge on any atom is -0.345 e. The number of nitrogens with zero attached hydrogens (tertiary/aromatic N) is 2. The molecule has 29 heavy (non-hydrogen) atoms. The lowest BCUT2D eigenvalue weighted by molar-refractivity contribution is 0.309. The van der Waals surface area contributed by atoms with Crippen LogP contribution in [0.1, 0.15) is 47.0 Å². The Morgan fingerprint density at radius 3 is 2.62 bits per heavy atom. The number of rotatable bonds is 6. The molecule has 0 aliphatic carbocycles. The Balaban J connectivity index is 1.54. The smallest absolute Gasteiger partial charge is 0.109 e. The van der Waals surface area contributed by atoms with E-state index in [9.17, 15) is 0 Å². The summed E-state index contributed by atoms with van der Waals surface area (Å²) in [6, 6.07) is 18.1. The number of H-pyrrole nitrogens is 1. The normalized spacial score (nSPS) is 15.7. The van der Waals surface area contributed by atoms with Crippen molar-refractivity contribution < 1.29 is 0 Å². The zero-order valence-electron chi connectivity index (χ0n) is 16.4. The van der Waals surface area contributed by atoms with Gasteiger partial charge in [0.1, 0.15) is 5.82 Å². The first-order valence-corrected chi connectivity index (χ1v) is 10.6. The Morgan fingerprint density at radius 2 is 1.90 bits per heavy atom. The third-order valence-corrected chi connectivity index (χ3v) is 6.01. The van der Waals surface area contributed by atoms with Gasteiger partial charge in [-0.1, -0.05) is 35.9 Å². The summed E-state index contributed by atoms with van der Waals surface area (Å²) in [5.74, 6) is 2.02. The second-order valence-corrected chi connectivity index (χ2v) is 8.24. The molecular weight excluding hydrogens is 380 g/mol. The van der Waals surface area contributed by atoms with Crippen molar-refractivity contribution in [1.29, 1.82) is 5.26 Å². The van der Waals surface area contributed by atoms with Crippen LogP contribution in [0.4, 0.5) is 0 Å². The van der Waals surface area contributed by atoms with Crippen molar-refractivity contribution in [2.24, 2.45) is 5.92 Å². The van der Waals surface area contributed by atoms with Crippen LogP contribution in [-0.4, -0.2) is 23.1 Å². The molecule has 0 radical (unpaired) electrons. The molecule has 4 nitrogen and oxygen atoms in total. The summed E-state index contributed by atoms with van der Waals surface area (Å²) in [7, 11) is 0. The third kappa shape index (κ3) is 5.06. The van der Waals surface area contributed by atoms with E-state index >= 15 is 0 Å². The molecule has 1 fully saturated rings. The average molecular weight is 405 g/mol. The monoisotopic (exact) mass is 404 g/mol. The lowest BCUT2D eigenvalue weighted by Gasteiger charge is -2.29. The molecule has 1 aromatic heterocycles. The molecule has 0 bridgehead atoms. The molecule has 4 rings (SSSR count). The Bertz CT molecular complexity index is 981. The van der Waals surface area contributed by atoms with Gasteiger partial charge in [-0.05, 0) is 73.7 Å². The van der Waals surface area contributed by atoms with Gasteiger partial charge in [-0.2, -0.15) is 5.26 Å². The molecular formula is C24H25ClN4. The number of nitrogens with one attached hydrogen (secondary N) is 2. The molecule has 0 saturated carbocycles. The lowest BCUT2D eigenvalue weighted by atomic mass is 9.80. The van der Waals surface area contributed by atoms with Crippen LogP contribution in [0, 0.1) is 17.2 Å². The highest BCUT2D eigenvalue weighted by molar-refractivity contribution is 6.30. The highest BCUT2D eigenvalue weighted by Gasteiger charge is 2.27. The van der Waals surface area contributed by atoms with Crippen molar-refractivity contribution in [2.75, 3.05) is 13.1 Å². The van der Waals surface area contributed by atoms with Gasteiger partial charge in [0, 0.05) is 29.3 Å². The zero-order valence-corrected chi connectivity index (χ0v) is 17.1. The Morgan fingerprint density at radius 1 is 1.10 bits per heavy atom. The van der Waals surface area contributed by atoms with Crippen LogP contribution in [0.5, 0.6) is 0 Å². The predicted molar refractivity (Wildman–Crippen MR) is 116 cm³/mol. The maximum Gasteiger partial charge on any atom is 0.109 e. The van der Waals surface area contributed by atoms with Gasteiger partial charge in [0.25, 0.3) is 0 Å². The van der Waals surface area contributed by atoms with E-state index < -0.39 is 0 Å². The molecule has 2 heterocycles. The van der Waals surface area contributed by atoms with Crippen molar-refractivity contribution in [3.05, 3.63) is 88.0 Å². The van der Waals surface area contributed by atoms with Crippen LogP contribution in [0.2, 0.25) is 5.02 Å². The van der Waals surface area contributed by atoms with Gasteiger partial charge < -0.3 is 10.3 Å². The van der Waals surface area contributed by atoms with Gasteiger partial charge in [-0.3, -0.25) is 0 Å². The van der Waals surface area contributed by atoms with Crippen LogP contribution < -0.4 is 5.32 Å². The minimum atomic E-state index is 0.352. The molecule has 1 unspecified atom stereocenters. The highest BCUT2D eigenvalue weighted by Crippen LogP contribution is 2.33. The SMILES string of the molecule is N#Cc1ccc(Cc2cnc(C(Cc3cccc(Cl)c3)C3CCNCC3)[nH]2)cc1. The van der Waals surface area contributed by atoms with Gasteiger partial charge in [0.15, 0.2) is 0 Å². The van der Waals surface area contributed by atoms with Crippen LogP contribution in [0.3, 0.4) is 0 Å². The second-order valence-electron chi connectivity index (χ2n) is 7.81. The molecule has 0 amide bonds. The standard InChI is InChI=1S/C24H25ClN4/c25-21-3-1-2-19(12-21)14-23(20-8-10-27-11-9-20)24-28-16-22(29-24)13-17-4-6-18(15-26)7-5-17/h1-7,12,16,20,23,27H,8-11,13-14H2,(H,28,29). The summed E-state index contributed by atoms with van der Waals surface area (Å²) < 4.78 is 0. The van der Waals surface area contributed by atoms with Crippen molar-refractivity contribution >= 4 is 11.6 Å². The molecule has 2 N–H and O–H groups in total. The molecule has 1 saturated heterocycles. The quantitative estimate of drug-likeness (QED) is 0.617. The first-order chi connectivity index (χ1) is 14.2. The summed E-state index contributed by atoms with van der Waals surface area (Å²) in [4.78, 5) is 8.37. The Labute approximate surface area is 176 Å². The molecule has 2 aromatic carbocycles. The molecule has 148 valence electrons. The first-order valence-electron chi connectivity index (χ1n) is 10.2. The summed E-state index contributed by atoms with van der Waals surface area (Å²) in [5.41, 5.74) is 4.22. The van der Waals surface area contributed by atoms with Gasteiger partial charge in [-0.25, -0.2) is 4.98 Å². The van der Waals surface area contributed by atoms with Crippen LogP contribution >= 0.6 is 11.6 Å². The van der Waals surface area contributed by atoms with Gasteiger partial charge in [0.2, 0.25) is 0 Å². The molecule has 1 aliphatic heterocycles. The predicted octanol–water partition coefficient (Wildman–Crippen LogP) is 4.85. The fourth-order valence-electron chi connectivity index (χ4n) is 4.22. The second kappa shape index (κ2) is 9.26. The number of nitriles is 1. The fraction of sp³-hybridized carbons (Fsp3) is 0.333. The van der Waals surface area contributed by atoms with Gasteiger partial charge in [-0.15, -0.1) is 0 Å². The van der Waals surface area contributed by atoms with Crippen LogP contribution in [-0.2, 0) is 12.8 Å². The summed E-state index contributed by atoms with van der Waals surface area (Å²) in [6.45, 7) is 2.13. The number of aromatic nitrogens is 2. The van der Waals surface area contributed by atoms with E-state index in [0.29, 0.717) is 17.4 Å². The molecule has 3 aromatic rings. The largest absolute Gasteiger partial charge is 0.345 e. The van der Waals surface area contributed by atoms with E-state index in [2.05, 4.69) is 28.5 Å². The number of imidazole rings is 1. The van der Waals surface area contributed by atoms with E-state index in [1.54, 1.807) is 0 Å². The molecule has 0 spiro atoms. The molecule has 5 heteroatoms.